The first-order chi connectivity index (χ1) is 19.3. The van der Waals surface area contributed by atoms with Crippen molar-refractivity contribution in [2.75, 3.05) is 28.4 Å². The lowest BCUT2D eigenvalue weighted by Crippen LogP contribution is -2.12. The van der Waals surface area contributed by atoms with Crippen molar-refractivity contribution in [3.63, 3.8) is 0 Å². The highest BCUT2D eigenvalue weighted by molar-refractivity contribution is 5.90. The lowest BCUT2D eigenvalue weighted by atomic mass is 10.1. The minimum Gasteiger partial charge on any atom is -0.377 e. The van der Waals surface area contributed by atoms with Gasteiger partial charge in [0.15, 0.2) is 0 Å². The zero-order valence-corrected chi connectivity index (χ0v) is 24.5. The van der Waals surface area contributed by atoms with E-state index in [9.17, 15) is 0 Å². The van der Waals surface area contributed by atoms with Crippen LogP contribution in [0.25, 0.3) is 46.4 Å². The van der Waals surface area contributed by atoms with Crippen molar-refractivity contribution in [3.8, 4) is 0 Å². The van der Waals surface area contributed by atoms with Gasteiger partial charge in [-0.3, -0.25) is 0 Å². The fourth-order valence-electron chi connectivity index (χ4n) is 5.33. The zero-order valence-electron chi connectivity index (χ0n) is 24.5. The van der Waals surface area contributed by atoms with Crippen molar-refractivity contribution in [2.24, 2.45) is 0 Å². The number of fused-ring (bicyclic) bond motifs is 10. The molecule has 8 bridgehead atoms. The number of hydrogen-bond donors (Lipinski definition) is 0. The molecule has 0 spiro atoms. The van der Waals surface area contributed by atoms with Gasteiger partial charge in [-0.2, -0.15) is 0 Å². The second kappa shape index (κ2) is 11.5. The van der Waals surface area contributed by atoms with Crippen molar-refractivity contribution in [1.29, 1.82) is 0 Å². The third-order valence-corrected chi connectivity index (χ3v) is 7.84. The number of hydrogen-bond acceptors (Lipinski definition) is 6. The molecule has 0 saturated heterocycles. The van der Waals surface area contributed by atoms with Crippen molar-refractivity contribution in [1.82, 2.24) is 19.1 Å². The lowest BCUT2D eigenvalue weighted by Gasteiger charge is -2.21. The number of ether oxygens (including phenoxy) is 4. The zero-order chi connectivity index (χ0) is 28.6. The van der Waals surface area contributed by atoms with Crippen LogP contribution in [-0.4, -0.2) is 47.5 Å². The highest BCUT2D eigenvalue weighted by Gasteiger charge is 2.25. The number of rotatable bonds is 8. The van der Waals surface area contributed by atoms with Crippen LogP contribution >= 0.6 is 0 Å². The van der Waals surface area contributed by atoms with E-state index in [1.807, 2.05) is 50.3 Å². The molecule has 8 heteroatoms. The van der Waals surface area contributed by atoms with E-state index in [1.54, 1.807) is 28.4 Å². The van der Waals surface area contributed by atoms with E-state index in [2.05, 4.69) is 47.2 Å². The van der Waals surface area contributed by atoms with Gasteiger partial charge in [-0.15, -0.1) is 0 Å². The summed E-state index contributed by atoms with van der Waals surface area (Å²) >= 11 is 0. The molecule has 5 heterocycles. The summed E-state index contributed by atoms with van der Waals surface area (Å²) in [6.07, 6.45) is 7.11. The molecule has 3 aromatic rings. The first kappa shape index (κ1) is 28.0. The van der Waals surface area contributed by atoms with E-state index in [4.69, 9.17) is 28.9 Å². The Bertz CT molecular complexity index is 1510. The summed E-state index contributed by atoms with van der Waals surface area (Å²) < 4.78 is 28.2. The number of aromatic nitrogens is 4. The molecule has 2 aliphatic rings. The summed E-state index contributed by atoms with van der Waals surface area (Å²) in [5.41, 5.74) is 9.40. The predicted octanol–water partition coefficient (Wildman–Crippen LogP) is 7.35. The molecule has 3 aromatic heterocycles. The van der Waals surface area contributed by atoms with Gasteiger partial charge in [0, 0.05) is 50.6 Å². The topological polar surface area (TPSA) is 72.6 Å². The maximum atomic E-state index is 5.95. The first-order valence-electron chi connectivity index (χ1n) is 13.6. The van der Waals surface area contributed by atoms with E-state index >= 15 is 0 Å². The van der Waals surface area contributed by atoms with E-state index < -0.39 is 0 Å². The molecule has 4 atom stereocenters. The predicted molar refractivity (Wildman–Crippen MR) is 160 cm³/mol. The molecule has 0 aliphatic carbocycles. The Labute approximate surface area is 235 Å². The van der Waals surface area contributed by atoms with Crippen molar-refractivity contribution >= 4 is 46.4 Å². The van der Waals surface area contributed by atoms with Crippen LogP contribution in [0.1, 0.15) is 86.3 Å². The third-order valence-electron chi connectivity index (χ3n) is 7.84. The molecule has 210 valence electrons. The van der Waals surface area contributed by atoms with Crippen LogP contribution in [0.3, 0.4) is 0 Å². The molecular weight excluding hydrogens is 504 g/mol. The Morgan fingerprint density at radius 1 is 0.550 bits per heavy atom. The summed E-state index contributed by atoms with van der Waals surface area (Å²) in [5, 5.41) is 0. The van der Waals surface area contributed by atoms with Gasteiger partial charge in [-0.05, 0) is 88.4 Å². The fourth-order valence-corrected chi connectivity index (χ4v) is 5.33. The lowest BCUT2D eigenvalue weighted by molar-refractivity contribution is 0.0642. The molecule has 0 N–H and O–H groups in total. The summed E-state index contributed by atoms with van der Waals surface area (Å²) in [4.78, 5) is 9.63. The molecule has 0 saturated carbocycles. The number of methoxy groups -OCH3 is 4. The molecule has 0 aromatic carbocycles. The monoisotopic (exact) mass is 542 g/mol. The Kier molecular flexibility index (Phi) is 8.05. The summed E-state index contributed by atoms with van der Waals surface area (Å²) in [7, 11) is 6.92. The van der Waals surface area contributed by atoms with Crippen LogP contribution in [0.5, 0.6) is 0 Å². The molecule has 0 amide bonds. The Hall–Kier alpha value is -3.56. The third kappa shape index (κ3) is 4.92. The quantitative estimate of drug-likeness (QED) is 0.204. The SMILES string of the molecule is COC(C)c1cc2ccc3nc(c4nc(ccc5cc(C(C)OC)c(c1n2C(C)OC)n5C(C)OC)C=C4)C=C3. The Balaban J connectivity index is 2.09. The van der Waals surface area contributed by atoms with Gasteiger partial charge in [0.2, 0.25) is 0 Å². The van der Waals surface area contributed by atoms with Crippen LogP contribution < -0.4 is 0 Å². The second-order valence-electron chi connectivity index (χ2n) is 10.1. The molecule has 0 fully saturated rings. The Morgan fingerprint density at radius 2 is 0.950 bits per heavy atom. The highest BCUT2D eigenvalue weighted by Crippen LogP contribution is 2.38. The van der Waals surface area contributed by atoms with E-state index in [0.29, 0.717) is 0 Å². The average molecular weight is 543 g/mol. The second-order valence-corrected chi connectivity index (χ2v) is 10.1. The van der Waals surface area contributed by atoms with E-state index in [0.717, 1.165) is 56.0 Å². The van der Waals surface area contributed by atoms with Crippen LogP contribution in [0.15, 0.2) is 36.4 Å². The smallest absolute Gasteiger partial charge is 0.131 e. The summed E-state index contributed by atoms with van der Waals surface area (Å²) in [6, 6.07) is 12.6. The average Bonchev–Trinajstić information content (AvgIpc) is 3.76. The molecule has 0 radical (unpaired) electrons. The maximum Gasteiger partial charge on any atom is 0.131 e. The van der Waals surface area contributed by atoms with Gasteiger partial charge < -0.3 is 28.1 Å². The van der Waals surface area contributed by atoms with Crippen molar-refractivity contribution in [3.05, 3.63) is 70.3 Å². The van der Waals surface area contributed by atoms with Crippen LogP contribution in [0.2, 0.25) is 0 Å². The summed E-state index contributed by atoms with van der Waals surface area (Å²) in [6.45, 7) is 8.22. The fraction of sp³-hybridized carbons (Fsp3) is 0.375. The van der Waals surface area contributed by atoms with Gasteiger partial charge in [0.25, 0.3) is 0 Å². The molecule has 40 heavy (non-hydrogen) atoms. The van der Waals surface area contributed by atoms with Gasteiger partial charge in [0.05, 0.1) is 46.0 Å². The first-order valence-corrected chi connectivity index (χ1v) is 13.6. The standard InChI is InChI=1S/C32H38N4O4/c1-19(37-5)27-17-25-13-9-23-11-15-29(33-23)30-16-12-24(34-30)10-14-26-18-28(20(2)38-6)32(36(26)22(4)40-8)31(27)35(25)21(3)39-7/h9-22H,1-8H3. The number of nitrogens with zero attached hydrogens (tertiary/aromatic N) is 4. The van der Waals surface area contributed by atoms with Crippen molar-refractivity contribution in [2.45, 2.75) is 52.4 Å². The normalized spacial score (nSPS) is 15.8. The largest absolute Gasteiger partial charge is 0.377 e. The van der Waals surface area contributed by atoms with Crippen molar-refractivity contribution < 1.29 is 18.9 Å². The van der Waals surface area contributed by atoms with Gasteiger partial charge in [-0.25, -0.2) is 9.97 Å². The van der Waals surface area contributed by atoms with Gasteiger partial charge in [-0.1, -0.05) is 0 Å². The molecule has 8 nitrogen and oxygen atoms in total. The summed E-state index contributed by atoms with van der Waals surface area (Å²) in [5.74, 6) is 0. The van der Waals surface area contributed by atoms with Gasteiger partial charge >= 0.3 is 0 Å². The highest BCUT2D eigenvalue weighted by atomic mass is 16.5. The van der Waals surface area contributed by atoms with E-state index in [1.165, 1.54) is 0 Å². The van der Waals surface area contributed by atoms with E-state index in [-0.39, 0.29) is 24.7 Å². The minimum atomic E-state index is -0.273. The Morgan fingerprint density at radius 3 is 1.30 bits per heavy atom. The van der Waals surface area contributed by atoms with Gasteiger partial charge in [0.1, 0.15) is 12.5 Å². The minimum absolute atomic E-state index is 0.185. The molecule has 4 unspecified atom stereocenters. The van der Waals surface area contributed by atoms with Crippen LogP contribution in [0, 0.1) is 0 Å². The molecular formula is C32H38N4O4. The molecule has 2 aliphatic heterocycles. The molecule has 5 rings (SSSR count). The maximum absolute atomic E-state index is 5.95. The van der Waals surface area contributed by atoms with Crippen LogP contribution in [-0.2, 0) is 18.9 Å². The van der Waals surface area contributed by atoms with Crippen LogP contribution in [0.4, 0.5) is 0 Å².